The fraction of sp³-hybridized carbons (Fsp3) is 0.400. The molecule has 0 aliphatic rings. The highest BCUT2D eigenvalue weighted by Gasteiger charge is 2.07. The second-order valence-electron chi connectivity index (χ2n) is 3.08. The first kappa shape index (κ1) is 9.07. The van der Waals surface area contributed by atoms with Crippen LogP contribution in [0, 0.1) is 6.92 Å². The van der Waals surface area contributed by atoms with Gasteiger partial charge in [0.05, 0.1) is 0 Å². The molecule has 2 heteroatoms. The van der Waals surface area contributed by atoms with Gasteiger partial charge in [0, 0.05) is 11.6 Å². The van der Waals surface area contributed by atoms with Crippen molar-refractivity contribution in [3.63, 3.8) is 0 Å². The van der Waals surface area contributed by atoms with E-state index in [4.69, 9.17) is 5.73 Å². The zero-order chi connectivity index (χ0) is 9.14. The Morgan fingerprint density at radius 1 is 1.50 bits per heavy atom. The molecule has 0 aromatic heterocycles. The van der Waals surface area contributed by atoms with Crippen molar-refractivity contribution < 1.29 is 5.11 Å². The van der Waals surface area contributed by atoms with E-state index in [2.05, 4.69) is 0 Å². The van der Waals surface area contributed by atoms with Crippen LogP contribution in [0.3, 0.4) is 0 Å². The number of aromatic hydroxyl groups is 1. The molecule has 66 valence electrons. The maximum Gasteiger partial charge on any atom is 0.120 e. The van der Waals surface area contributed by atoms with Gasteiger partial charge in [0.2, 0.25) is 0 Å². The van der Waals surface area contributed by atoms with Gasteiger partial charge in [0.25, 0.3) is 0 Å². The van der Waals surface area contributed by atoms with Gasteiger partial charge >= 0.3 is 0 Å². The van der Waals surface area contributed by atoms with Crippen LogP contribution in [-0.4, -0.2) is 5.11 Å². The van der Waals surface area contributed by atoms with Crippen LogP contribution in [0.4, 0.5) is 0 Å². The van der Waals surface area contributed by atoms with Gasteiger partial charge in [-0.25, -0.2) is 0 Å². The normalized spacial score (nSPS) is 12.9. The van der Waals surface area contributed by atoms with Gasteiger partial charge < -0.3 is 10.8 Å². The maximum absolute atomic E-state index is 9.46. The molecule has 0 saturated carbocycles. The van der Waals surface area contributed by atoms with Gasteiger partial charge in [-0.3, -0.25) is 0 Å². The number of hydrogen-bond donors (Lipinski definition) is 2. The van der Waals surface area contributed by atoms with E-state index in [1.54, 1.807) is 6.07 Å². The van der Waals surface area contributed by atoms with Gasteiger partial charge in [-0.1, -0.05) is 24.6 Å². The Morgan fingerprint density at radius 2 is 2.17 bits per heavy atom. The minimum absolute atomic E-state index is 0.0510. The van der Waals surface area contributed by atoms with Crippen LogP contribution in [0.5, 0.6) is 5.75 Å². The molecule has 1 aromatic rings. The summed E-state index contributed by atoms with van der Waals surface area (Å²) < 4.78 is 0. The van der Waals surface area contributed by atoms with Gasteiger partial charge in [-0.2, -0.15) is 0 Å². The molecule has 0 fully saturated rings. The number of aryl methyl sites for hydroxylation is 1. The van der Waals surface area contributed by atoms with E-state index < -0.39 is 0 Å². The number of hydrogen-bond acceptors (Lipinski definition) is 2. The Morgan fingerprint density at radius 3 is 2.75 bits per heavy atom. The van der Waals surface area contributed by atoms with Crippen molar-refractivity contribution in [2.45, 2.75) is 26.3 Å². The van der Waals surface area contributed by atoms with E-state index in [0.717, 1.165) is 17.5 Å². The van der Waals surface area contributed by atoms with Crippen molar-refractivity contribution in [2.24, 2.45) is 5.73 Å². The number of phenolic OH excluding ortho intramolecular Hbond substituents is 1. The molecule has 0 heterocycles. The fourth-order valence-corrected chi connectivity index (χ4v) is 1.19. The zero-order valence-electron chi connectivity index (χ0n) is 7.54. The summed E-state index contributed by atoms with van der Waals surface area (Å²) in [6, 6.07) is 5.45. The summed E-state index contributed by atoms with van der Waals surface area (Å²) in [4.78, 5) is 0. The Labute approximate surface area is 73.0 Å². The van der Waals surface area contributed by atoms with Crippen molar-refractivity contribution in [3.05, 3.63) is 29.3 Å². The molecule has 0 bridgehead atoms. The van der Waals surface area contributed by atoms with Crippen molar-refractivity contribution in [1.29, 1.82) is 0 Å². The molecule has 0 amide bonds. The number of benzene rings is 1. The van der Waals surface area contributed by atoms with Crippen molar-refractivity contribution >= 4 is 0 Å². The van der Waals surface area contributed by atoms with Crippen LogP contribution < -0.4 is 5.73 Å². The predicted octanol–water partition coefficient (Wildman–Crippen LogP) is 2.11. The largest absolute Gasteiger partial charge is 0.508 e. The lowest BCUT2D eigenvalue weighted by Crippen LogP contribution is -2.08. The Bertz CT molecular complexity index is 271. The molecule has 12 heavy (non-hydrogen) atoms. The Kier molecular flexibility index (Phi) is 2.71. The number of nitrogens with two attached hydrogens (primary N) is 1. The molecule has 0 unspecified atom stereocenters. The molecule has 0 aliphatic heterocycles. The van der Waals surface area contributed by atoms with Crippen molar-refractivity contribution in [1.82, 2.24) is 0 Å². The predicted molar refractivity (Wildman–Crippen MR) is 50.1 cm³/mol. The van der Waals surface area contributed by atoms with E-state index in [0.29, 0.717) is 5.75 Å². The SMILES string of the molecule is CC[C@@H](N)c1cc(C)ccc1O. The van der Waals surface area contributed by atoms with Crippen LogP contribution in [0.1, 0.15) is 30.5 Å². The minimum Gasteiger partial charge on any atom is -0.508 e. The lowest BCUT2D eigenvalue weighted by Gasteiger charge is -2.11. The average molecular weight is 165 g/mol. The maximum atomic E-state index is 9.46. The van der Waals surface area contributed by atoms with E-state index >= 15 is 0 Å². The van der Waals surface area contributed by atoms with E-state index in [-0.39, 0.29) is 6.04 Å². The number of rotatable bonds is 2. The summed E-state index contributed by atoms with van der Waals surface area (Å²) in [5.41, 5.74) is 7.78. The van der Waals surface area contributed by atoms with Crippen LogP contribution in [0.2, 0.25) is 0 Å². The Balaban J connectivity index is 3.04. The van der Waals surface area contributed by atoms with Gasteiger partial charge in [0.15, 0.2) is 0 Å². The summed E-state index contributed by atoms with van der Waals surface area (Å²) in [6.07, 6.45) is 0.844. The molecule has 2 nitrogen and oxygen atoms in total. The van der Waals surface area contributed by atoms with Crippen LogP contribution >= 0.6 is 0 Å². The van der Waals surface area contributed by atoms with E-state index in [9.17, 15) is 5.11 Å². The lowest BCUT2D eigenvalue weighted by molar-refractivity contribution is 0.460. The average Bonchev–Trinajstić information content (AvgIpc) is 2.08. The monoisotopic (exact) mass is 165 g/mol. The van der Waals surface area contributed by atoms with Crippen LogP contribution in [0.15, 0.2) is 18.2 Å². The zero-order valence-corrected chi connectivity index (χ0v) is 7.54. The quantitative estimate of drug-likeness (QED) is 0.705. The summed E-state index contributed by atoms with van der Waals surface area (Å²) in [7, 11) is 0. The molecule has 1 atom stereocenters. The molecule has 0 radical (unpaired) electrons. The summed E-state index contributed by atoms with van der Waals surface area (Å²) in [6.45, 7) is 4.00. The van der Waals surface area contributed by atoms with E-state index in [1.807, 2.05) is 26.0 Å². The standard InChI is InChI=1S/C10H15NO/c1-3-9(11)8-6-7(2)4-5-10(8)12/h4-6,9,12H,3,11H2,1-2H3/t9-/m1/s1. The molecule has 0 saturated heterocycles. The van der Waals surface area contributed by atoms with Crippen molar-refractivity contribution in [2.75, 3.05) is 0 Å². The van der Waals surface area contributed by atoms with Crippen molar-refractivity contribution in [3.8, 4) is 5.75 Å². The third-order valence-electron chi connectivity index (χ3n) is 2.02. The first-order valence-electron chi connectivity index (χ1n) is 4.20. The highest BCUT2D eigenvalue weighted by molar-refractivity contribution is 5.37. The third-order valence-corrected chi connectivity index (χ3v) is 2.02. The van der Waals surface area contributed by atoms with Gasteiger partial charge in [0.1, 0.15) is 5.75 Å². The minimum atomic E-state index is -0.0510. The second kappa shape index (κ2) is 3.59. The summed E-state index contributed by atoms with van der Waals surface area (Å²) >= 11 is 0. The number of phenols is 1. The van der Waals surface area contributed by atoms with Crippen LogP contribution in [-0.2, 0) is 0 Å². The van der Waals surface area contributed by atoms with Crippen LogP contribution in [0.25, 0.3) is 0 Å². The van der Waals surface area contributed by atoms with Gasteiger partial charge in [-0.05, 0) is 19.4 Å². The first-order chi connectivity index (χ1) is 5.65. The summed E-state index contributed by atoms with van der Waals surface area (Å²) in [5, 5.41) is 9.46. The second-order valence-corrected chi connectivity index (χ2v) is 3.08. The van der Waals surface area contributed by atoms with Gasteiger partial charge in [-0.15, -0.1) is 0 Å². The smallest absolute Gasteiger partial charge is 0.120 e. The highest BCUT2D eigenvalue weighted by Crippen LogP contribution is 2.25. The molecular formula is C10H15NO. The molecule has 3 N–H and O–H groups in total. The highest BCUT2D eigenvalue weighted by atomic mass is 16.3. The molecule has 1 rings (SSSR count). The molecule has 1 aromatic carbocycles. The Hall–Kier alpha value is -1.02. The topological polar surface area (TPSA) is 46.2 Å². The first-order valence-corrected chi connectivity index (χ1v) is 4.20. The fourth-order valence-electron chi connectivity index (χ4n) is 1.19. The molecule has 0 aliphatic carbocycles. The molecule has 0 spiro atoms. The summed E-state index contributed by atoms with van der Waals surface area (Å²) in [5.74, 6) is 0.301. The van der Waals surface area contributed by atoms with E-state index in [1.165, 1.54) is 0 Å². The lowest BCUT2D eigenvalue weighted by atomic mass is 10.0. The third kappa shape index (κ3) is 1.77. The molecular weight excluding hydrogens is 150 g/mol.